The fourth-order valence-corrected chi connectivity index (χ4v) is 2.81. The van der Waals surface area contributed by atoms with Crippen molar-refractivity contribution < 1.29 is 19.7 Å². The van der Waals surface area contributed by atoms with Crippen molar-refractivity contribution in [2.24, 2.45) is 5.10 Å². The number of ether oxygens (including phenoxy) is 1. The van der Waals surface area contributed by atoms with E-state index < -0.39 is 12.0 Å². The molecule has 0 fully saturated rings. The molecule has 2 aromatic rings. The van der Waals surface area contributed by atoms with E-state index >= 15 is 0 Å². The topological polar surface area (TPSA) is 91.2 Å². The lowest BCUT2D eigenvalue weighted by atomic mass is 10.1. The normalized spacial score (nSPS) is 12.2. The quantitative estimate of drug-likeness (QED) is 0.444. The van der Waals surface area contributed by atoms with Crippen LogP contribution in [0.5, 0.6) is 11.5 Å². The van der Waals surface area contributed by atoms with Gasteiger partial charge in [0.15, 0.2) is 17.6 Å². The summed E-state index contributed by atoms with van der Waals surface area (Å²) in [5.41, 5.74) is 3.33. The van der Waals surface area contributed by atoms with Gasteiger partial charge in [-0.2, -0.15) is 5.10 Å². The van der Waals surface area contributed by atoms with Gasteiger partial charge in [-0.1, -0.05) is 30.3 Å². The van der Waals surface area contributed by atoms with Gasteiger partial charge in [0.05, 0.1) is 17.3 Å². The smallest absolute Gasteiger partial charge is 0.273 e. The third-order valence-corrected chi connectivity index (χ3v) is 5.37. The third-order valence-electron chi connectivity index (χ3n) is 3.22. The Bertz CT molecular complexity index is 782. The van der Waals surface area contributed by atoms with Crippen LogP contribution in [0, 0.1) is 0 Å². The van der Waals surface area contributed by atoms with Gasteiger partial charge in [-0.3, -0.25) is 4.79 Å². The molecule has 25 heavy (non-hydrogen) atoms. The molecule has 1 amide bonds. The second kappa shape index (κ2) is 8.98. The van der Waals surface area contributed by atoms with Crippen molar-refractivity contribution in [3.05, 3.63) is 56.5 Å². The lowest BCUT2D eigenvalue weighted by molar-refractivity contribution is -0.129. The first-order chi connectivity index (χ1) is 12.0. The van der Waals surface area contributed by atoms with Crippen LogP contribution in [0.3, 0.4) is 0 Å². The van der Waals surface area contributed by atoms with Crippen LogP contribution in [0.15, 0.2) is 50.4 Å². The number of phenols is 1. The number of aliphatic hydroxyl groups is 1. The van der Waals surface area contributed by atoms with Gasteiger partial charge in [-0.25, -0.2) is 5.43 Å². The molecule has 2 rings (SSSR count). The fourth-order valence-electron chi connectivity index (χ4n) is 1.98. The van der Waals surface area contributed by atoms with E-state index in [4.69, 9.17) is 4.74 Å². The molecular formula is C17H16Br2N2O4. The van der Waals surface area contributed by atoms with Crippen LogP contribution in [0.25, 0.3) is 0 Å². The first kappa shape index (κ1) is 19.4. The van der Waals surface area contributed by atoms with Gasteiger partial charge < -0.3 is 14.9 Å². The number of hydrazone groups is 1. The van der Waals surface area contributed by atoms with Crippen molar-refractivity contribution >= 4 is 44.0 Å². The Hall–Kier alpha value is -1.90. The number of carbonyl (C=O) groups excluding carboxylic acids is 1. The number of halogens is 2. The Balaban J connectivity index is 2.13. The summed E-state index contributed by atoms with van der Waals surface area (Å²) in [5.74, 6) is -0.398. The van der Waals surface area contributed by atoms with Gasteiger partial charge in [0, 0.05) is 10.0 Å². The van der Waals surface area contributed by atoms with Crippen molar-refractivity contribution in [1.82, 2.24) is 5.43 Å². The maximum atomic E-state index is 11.9. The second-order valence-corrected chi connectivity index (χ2v) is 6.51. The van der Waals surface area contributed by atoms with Crippen molar-refractivity contribution in [1.29, 1.82) is 0 Å². The Labute approximate surface area is 161 Å². The highest BCUT2D eigenvalue weighted by molar-refractivity contribution is 9.13. The minimum Gasteiger partial charge on any atom is -0.503 e. The summed E-state index contributed by atoms with van der Waals surface area (Å²) in [6.45, 7) is 2.19. The predicted molar refractivity (Wildman–Crippen MR) is 102 cm³/mol. The van der Waals surface area contributed by atoms with Gasteiger partial charge in [0.1, 0.15) is 0 Å². The van der Waals surface area contributed by atoms with Crippen molar-refractivity contribution in [3.8, 4) is 11.5 Å². The summed E-state index contributed by atoms with van der Waals surface area (Å²) >= 11 is 6.59. The largest absolute Gasteiger partial charge is 0.503 e. The highest BCUT2D eigenvalue weighted by Crippen LogP contribution is 2.41. The van der Waals surface area contributed by atoms with E-state index in [1.54, 1.807) is 43.3 Å². The number of aliphatic hydroxyl groups excluding tert-OH is 1. The molecule has 0 aliphatic rings. The zero-order valence-electron chi connectivity index (χ0n) is 13.2. The molecule has 3 N–H and O–H groups in total. The fraction of sp³-hybridized carbons (Fsp3) is 0.176. The van der Waals surface area contributed by atoms with E-state index in [1.165, 1.54) is 6.21 Å². The van der Waals surface area contributed by atoms with E-state index in [-0.39, 0.29) is 11.5 Å². The summed E-state index contributed by atoms with van der Waals surface area (Å²) in [4.78, 5) is 11.9. The SMILES string of the molecule is CCOc1cc(/C=N\NC(=O)[C@H](O)c2ccccc2)c(Br)c(Br)c1O. The third kappa shape index (κ3) is 4.81. The maximum absolute atomic E-state index is 11.9. The number of hydrogen-bond acceptors (Lipinski definition) is 5. The van der Waals surface area contributed by atoms with Gasteiger partial charge in [-0.15, -0.1) is 0 Å². The number of phenolic OH excluding ortho intramolecular Hbond substituents is 1. The lowest BCUT2D eigenvalue weighted by Crippen LogP contribution is -2.25. The minimum atomic E-state index is -1.31. The molecular weight excluding hydrogens is 456 g/mol. The summed E-state index contributed by atoms with van der Waals surface area (Å²) in [6.07, 6.45) is 0.0687. The molecule has 8 heteroatoms. The Kier molecular flexibility index (Phi) is 6.98. The molecule has 0 aliphatic carbocycles. The average molecular weight is 472 g/mol. The van der Waals surface area contributed by atoms with Crippen LogP contribution >= 0.6 is 31.9 Å². The first-order valence-electron chi connectivity index (χ1n) is 7.35. The lowest BCUT2D eigenvalue weighted by Gasteiger charge is -2.11. The van der Waals surface area contributed by atoms with E-state index in [2.05, 4.69) is 42.4 Å². The molecule has 132 valence electrons. The number of nitrogens with one attached hydrogen (secondary N) is 1. The summed E-state index contributed by atoms with van der Waals surface area (Å²) in [6, 6.07) is 10.1. The number of rotatable bonds is 6. The highest BCUT2D eigenvalue weighted by Gasteiger charge is 2.17. The monoisotopic (exact) mass is 470 g/mol. The number of aromatic hydroxyl groups is 1. The average Bonchev–Trinajstić information content (AvgIpc) is 2.63. The van der Waals surface area contributed by atoms with Crippen LogP contribution in [0.1, 0.15) is 24.2 Å². The molecule has 0 heterocycles. The maximum Gasteiger partial charge on any atom is 0.273 e. The van der Waals surface area contributed by atoms with Gasteiger partial charge in [0.25, 0.3) is 5.91 Å². The Morgan fingerprint density at radius 1 is 1.32 bits per heavy atom. The summed E-state index contributed by atoms with van der Waals surface area (Å²) in [5, 5.41) is 23.8. The van der Waals surface area contributed by atoms with Crippen LogP contribution < -0.4 is 10.2 Å². The molecule has 0 bridgehead atoms. The van der Waals surface area contributed by atoms with E-state index in [0.717, 1.165) is 0 Å². The van der Waals surface area contributed by atoms with Crippen LogP contribution in [-0.4, -0.2) is 28.9 Å². The molecule has 0 aromatic heterocycles. The number of hydrogen-bond donors (Lipinski definition) is 3. The van der Waals surface area contributed by atoms with Gasteiger partial charge >= 0.3 is 0 Å². The van der Waals surface area contributed by atoms with Gasteiger partial charge in [-0.05, 0) is 50.4 Å². The second-order valence-electron chi connectivity index (χ2n) is 4.92. The standard InChI is InChI=1S/C17H16Br2N2O4/c1-2-25-12-8-11(13(18)14(19)16(12)23)9-20-21-17(24)15(22)10-6-4-3-5-7-10/h3-9,15,22-23H,2H2,1H3,(H,21,24)/b20-9-/t15-/m1/s1. The minimum absolute atomic E-state index is 0.0330. The molecule has 0 saturated heterocycles. The highest BCUT2D eigenvalue weighted by atomic mass is 79.9. The number of carbonyl (C=O) groups is 1. The molecule has 2 aromatic carbocycles. The van der Waals surface area contributed by atoms with Crippen LogP contribution in [-0.2, 0) is 4.79 Å². The summed E-state index contributed by atoms with van der Waals surface area (Å²) < 4.78 is 6.31. The Morgan fingerprint density at radius 2 is 2.00 bits per heavy atom. The van der Waals surface area contributed by atoms with E-state index in [0.29, 0.717) is 26.7 Å². The molecule has 0 aliphatic heterocycles. The molecule has 0 saturated carbocycles. The zero-order chi connectivity index (χ0) is 18.4. The zero-order valence-corrected chi connectivity index (χ0v) is 16.4. The van der Waals surface area contributed by atoms with E-state index in [9.17, 15) is 15.0 Å². The van der Waals surface area contributed by atoms with Crippen molar-refractivity contribution in [2.75, 3.05) is 6.61 Å². The van der Waals surface area contributed by atoms with Crippen molar-refractivity contribution in [3.63, 3.8) is 0 Å². The van der Waals surface area contributed by atoms with Crippen LogP contribution in [0.4, 0.5) is 0 Å². The molecule has 0 spiro atoms. The number of benzene rings is 2. The molecule has 1 atom stereocenters. The molecule has 0 radical (unpaired) electrons. The predicted octanol–water partition coefficient (Wildman–Crippen LogP) is 3.50. The molecule has 0 unspecified atom stereocenters. The summed E-state index contributed by atoms with van der Waals surface area (Å²) in [7, 11) is 0. The number of nitrogens with zero attached hydrogens (tertiary/aromatic N) is 1. The number of amides is 1. The molecule has 6 nitrogen and oxygen atoms in total. The van der Waals surface area contributed by atoms with Crippen molar-refractivity contribution in [2.45, 2.75) is 13.0 Å². The first-order valence-corrected chi connectivity index (χ1v) is 8.94. The Morgan fingerprint density at radius 3 is 2.64 bits per heavy atom. The van der Waals surface area contributed by atoms with Crippen LogP contribution in [0.2, 0.25) is 0 Å². The van der Waals surface area contributed by atoms with E-state index in [1.807, 2.05) is 0 Å². The van der Waals surface area contributed by atoms with Gasteiger partial charge in [0.2, 0.25) is 0 Å².